The Balaban J connectivity index is 1.48. The van der Waals surface area contributed by atoms with Crippen molar-refractivity contribution in [2.45, 2.75) is 110 Å². The van der Waals surface area contributed by atoms with Crippen LogP contribution in [0.25, 0.3) is 0 Å². The van der Waals surface area contributed by atoms with E-state index in [0.29, 0.717) is 29.7 Å². The molecule has 0 aromatic rings. The maximum atomic E-state index is 10.2. The fourth-order valence-electron chi connectivity index (χ4n) is 7.81. The van der Waals surface area contributed by atoms with Crippen LogP contribution < -0.4 is 0 Å². The summed E-state index contributed by atoms with van der Waals surface area (Å²) in [6.07, 6.45) is 15.1. The molecule has 1 heterocycles. The Morgan fingerprint density at radius 3 is 2.62 bits per heavy atom. The summed E-state index contributed by atoms with van der Waals surface area (Å²) in [4.78, 5) is 2.78. The third kappa shape index (κ3) is 4.68. The number of piperidine rings is 1. The molecule has 0 amide bonds. The minimum Gasteiger partial charge on any atom is -0.393 e. The van der Waals surface area contributed by atoms with Crippen LogP contribution in [0.1, 0.15) is 91.9 Å². The van der Waals surface area contributed by atoms with Gasteiger partial charge in [0.15, 0.2) is 0 Å². The van der Waals surface area contributed by atoms with Gasteiger partial charge in [-0.1, -0.05) is 44.6 Å². The van der Waals surface area contributed by atoms with E-state index < -0.39 is 12.2 Å². The first-order valence-electron chi connectivity index (χ1n) is 13.3. The lowest BCUT2D eigenvalue weighted by Gasteiger charge is -2.48. The van der Waals surface area contributed by atoms with E-state index in [1.807, 2.05) is 0 Å². The van der Waals surface area contributed by atoms with Crippen LogP contribution >= 0.6 is 0 Å². The molecule has 0 bridgehead atoms. The number of hydrogen-bond donors (Lipinski definition) is 2. The number of allylic oxidation sites excluding steroid dienone is 3. The number of rotatable bonds is 4. The van der Waals surface area contributed by atoms with Crippen LogP contribution in [0.3, 0.4) is 0 Å². The van der Waals surface area contributed by atoms with E-state index in [2.05, 4.69) is 51.3 Å². The smallest absolute Gasteiger partial charge is 0.0811 e. The van der Waals surface area contributed by atoms with E-state index in [4.69, 9.17) is 0 Å². The van der Waals surface area contributed by atoms with E-state index >= 15 is 0 Å². The van der Waals surface area contributed by atoms with Gasteiger partial charge in [-0.3, -0.25) is 4.90 Å². The molecule has 180 valence electrons. The molecule has 0 aromatic carbocycles. The van der Waals surface area contributed by atoms with Gasteiger partial charge in [-0.2, -0.15) is 0 Å². The largest absolute Gasteiger partial charge is 0.393 e. The van der Waals surface area contributed by atoms with Crippen LogP contribution in [0.2, 0.25) is 0 Å². The van der Waals surface area contributed by atoms with Crippen molar-refractivity contribution in [1.82, 2.24) is 4.90 Å². The molecule has 2 N–H and O–H groups in total. The Hall–Kier alpha value is -0.900. The Morgan fingerprint density at radius 2 is 1.88 bits per heavy atom. The fourth-order valence-corrected chi connectivity index (χ4v) is 7.81. The van der Waals surface area contributed by atoms with Gasteiger partial charge in [0.25, 0.3) is 0 Å². The quantitative estimate of drug-likeness (QED) is 0.560. The van der Waals surface area contributed by atoms with Gasteiger partial charge in [-0.25, -0.2) is 0 Å². The van der Waals surface area contributed by atoms with Gasteiger partial charge in [0.2, 0.25) is 0 Å². The fraction of sp³-hybridized carbons (Fsp3) is 0.793. The highest BCUT2D eigenvalue weighted by Gasteiger charge is 2.51. The first-order chi connectivity index (χ1) is 15.1. The molecule has 1 saturated heterocycles. The number of aliphatic hydroxyl groups is 2. The Labute approximate surface area is 196 Å². The van der Waals surface area contributed by atoms with Crippen LogP contribution in [0.4, 0.5) is 0 Å². The van der Waals surface area contributed by atoms with Gasteiger partial charge >= 0.3 is 0 Å². The molecule has 0 spiro atoms. The predicted octanol–water partition coefficient (Wildman–Crippen LogP) is 6.03. The van der Waals surface area contributed by atoms with Gasteiger partial charge in [0, 0.05) is 18.5 Å². The molecule has 1 unspecified atom stereocenters. The summed E-state index contributed by atoms with van der Waals surface area (Å²) in [5.74, 6) is 2.22. The van der Waals surface area contributed by atoms with Crippen LogP contribution in [0, 0.1) is 23.2 Å². The first kappa shape index (κ1) is 24.2. The summed E-state index contributed by atoms with van der Waals surface area (Å²) in [5.41, 5.74) is 4.19. The maximum absolute atomic E-state index is 10.2. The number of nitrogens with zero attached hydrogens (tertiary/aromatic N) is 1. The van der Waals surface area contributed by atoms with E-state index in [1.165, 1.54) is 64.5 Å². The SMILES string of the molecule is C=C1/C(=C\C=C2/CCC[C@]3(C)[C@@H](C(C)CN4CCCCC4(C)C)CC[C@@H]23)C[C@@H](O)C[C@H]1O. The third-order valence-corrected chi connectivity index (χ3v) is 9.82. The lowest BCUT2D eigenvalue weighted by atomic mass is 9.61. The summed E-state index contributed by atoms with van der Waals surface area (Å²) < 4.78 is 0. The van der Waals surface area contributed by atoms with E-state index in [1.54, 1.807) is 5.57 Å². The normalized spacial score (nSPS) is 41.8. The molecule has 1 aliphatic heterocycles. The van der Waals surface area contributed by atoms with E-state index in [0.717, 1.165) is 23.0 Å². The first-order valence-corrected chi connectivity index (χ1v) is 13.3. The van der Waals surface area contributed by atoms with E-state index in [-0.39, 0.29) is 0 Å². The average Bonchev–Trinajstić information content (AvgIpc) is 3.08. The Kier molecular flexibility index (Phi) is 7.11. The molecule has 4 rings (SSSR count). The standard InChI is InChI=1S/C29H47NO2/c1-20(19-30-16-7-6-14-28(30,3)4)25-12-13-26-22(9-8-15-29(25,26)5)10-11-23-17-24(31)18-27(32)21(23)2/h10-11,20,24-27,31-32H,2,6-9,12-19H2,1,3-5H3/b22-10+,23-11-/t20?,24-,25-,26+,27-,29-/m1/s1. The van der Waals surface area contributed by atoms with Crippen molar-refractivity contribution in [1.29, 1.82) is 0 Å². The van der Waals surface area contributed by atoms with Crippen molar-refractivity contribution in [2.24, 2.45) is 23.2 Å². The third-order valence-electron chi connectivity index (χ3n) is 9.82. The van der Waals surface area contributed by atoms with Crippen molar-refractivity contribution in [2.75, 3.05) is 13.1 Å². The van der Waals surface area contributed by atoms with E-state index in [9.17, 15) is 10.2 Å². The van der Waals surface area contributed by atoms with Crippen LogP contribution in [-0.4, -0.2) is 45.9 Å². The highest BCUT2D eigenvalue weighted by atomic mass is 16.3. The van der Waals surface area contributed by atoms with Crippen molar-refractivity contribution in [3.05, 3.63) is 35.5 Å². The molecule has 32 heavy (non-hydrogen) atoms. The highest BCUT2D eigenvalue weighted by molar-refractivity contribution is 5.38. The summed E-state index contributed by atoms with van der Waals surface area (Å²) in [6.45, 7) is 16.6. The molecule has 4 fully saturated rings. The molecular weight excluding hydrogens is 394 g/mol. The van der Waals surface area contributed by atoms with Crippen molar-refractivity contribution in [3.8, 4) is 0 Å². The van der Waals surface area contributed by atoms with Gasteiger partial charge in [0.1, 0.15) is 0 Å². The average molecular weight is 442 g/mol. The molecule has 3 nitrogen and oxygen atoms in total. The molecule has 0 radical (unpaired) electrons. The molecule has 0 aromatic heterocycles. The zero-order valence-electron chi connectivity index (χ0n) is 21.1. The van der Waals surface area contributed by atoms with Gasteiger partial charge in [0.05, 0.1) is 12.2 Å². The summed E-state index contributed by atoms with van der Waals surface area (Å²) in [5, 5.41) is 20.3. The van der Waals surface area contributed by atoms with Crippen LogP contribution in [-0.2, 0) is 0 Å². The van der Waals surface area contributed by atoms with Gasteiger partial charge < -0.3 is 10.2 Å². The van der Waals surface area contributed by atoms with Crippen molar-refractivity contribution < 1.29 is 10.2 Å². The predicted molar refractivity (Wildman–Crippen MR) is 133 cm³/mol. The summed E-state index contributed by atoms with van der Waals surface area (Å²) >= 11 is 0. The van der Waals surface area contributed by atoms with Crippen LogP contribution in [0.15, 0.2) is 35.5 Å². The molecular formula is C29H47NO2. The van der Waals surface area contributed by atoms with Crippen LogP contribution in [0.5, 0.6) is 0 Å². The molecule has 6 atom stereocenters. The summed E-state index contributed by atoms with van der Waals surface area (Å²) in [7, 11) is 0. The molecule has 3 saturated carbocycles. The molecule has 3 aliphatic carbocycles. The highest BCUT2D eigenvalue weighted by Crippen LogP contribution is 2.59. The lowest BCUT2D eigenvalue weighted by molar-refractivity contribution is 0.0256. The Bertz CT molecular complexity index is 765. The summed E-state index contributed by atoms with van der Waals surface area (Å²) in [6, 6.07) is 0. The Morgan fingerprint density at radius 1 is 1.09 bits per heavy atom. The minimum atomic E-state index is -0.601. The van der Waals surface area contributed by atoms with Crippen molar-refractivity contribution >= 4 is 0 Å². The minimum absolute atomic E-state index is 0.354. The number of fused-ring (bicyclic) bond motifs is 1. The second-order valence-corrected chi connectivity index (χ2v) is 12.4. The second kappa shape index (κ2) is 9.39. The zero-order valence-corrected chi connectivity index (χ0v) is 21.1. The number of hydrogen-bond acceptors (Lipinski definition) is 3. The van der Waals surface area contributed by atoms with Gasteiger partial charge in [-0.05, 0) is 106 Å². The monoisotopic (exact) mass is 441 g/mol. The molecule has 4 aliphatic rings. The number of aliphatic hydroxyl groups excluding tert-OH is 2. The van der Waals surface area contributed by atoms with Crippen molar-refractivity contribution in [3.63, 3.8) is 0 Å². The second-order valence-electron chi connectivity index (χ2n) is 12.4. The zero-order chi connectivity index (χ0) is 23.1. The number of likely N-dealkylation sites (tertiary alicyclic amines) is 1. The molecule has 3 heteroatoms. The maximum Gasteiger partial charge on any atom is 0.0811 e. The van der Waals surface area contributed by atoms with Gasteiger partial charge in [-0.15, -0.1) is 0 Å². The topological polar surface area (TPSA) is 43.7 Å². The lowest BCUT2D eigenvalue weighted by Crippen LogP contribution is -2.50.